The van der Waals surface area contributed by atoms with Crippen molar-refractivity contribution in [3.05, 3.63) is 96.9 Å². The zero-order valence-corrected chi connectivity index (χ0v) is 19.9. The van der Waals surface area contributed by atoms with Crippen LogP contribution in [0.1, 0.15) is 36.4 Å². The maximum Gasteiger partial charge on any atom is 0.247 e. The number of nitrogens with one attached hydrogen (secondary N) is 1. The molecule has 184 valence electrons. The van der Waals surface area contributed by atoms with E-state index in [1.165, 1.54) is 0 Å². The van der Waals surface area contributed by atoms with Crippen LogP contribution in [0.5, 0.6) is 5.75 Å². The third kappa shape index (κ3) is 7.39. The average Bonchev–Trinajstić information content (AvgIpc) is 2.90. The van der Waals surface area contributed by atoms with E-state index in [4.69, 9.17) is 4.74 Å². The number of benzene rings is 1. The molecule has 2 amide bonds. The van der Waals surface area contributed by atoms with Crippen molar-refractivity contribution < 1.29 is 19.4 Å². The van der Waals surface area contributed by atoms with Gasteiger partial charge in [0.15, 0.2) is 0 Å². The highest BCUT2D eigenvalue weighted by Crippen LogP contribution is 2.29. The van der Waals surface area contributed by atoms with Crippen LogP contribution in [-0.2, 0) is 20.7 Å². The lowest BCUT2D eigenvalue weighted by molar-refractivity contribution is -0.145. The van der Waals surface area contributed by atoms with Crippen LogP contribution in [0.3, 0.4) is 0 Å². The number of aryl methyl sites for hydroxylation is 1. The predicted octanol–water partition coefficient (Wildman–Crippen LogP) is 3.88. The van der Waals surface area contributed by atoms with Gasteiger partial charge in [0.05, 0.1) is 0 Å². The van der Waals surface area contributed by atoms with Crippen molar-refractivity contribution in [3.8, 4) is 5.75 Å². The number of pyridine rings is 1. The normalized spacial score (nSPS) is 15.1. The lowest BCUT2D eigenvalue weighted by Crippen LogP contribution is -2.50. The van der Waals surface area contributed by atoms with Crippen LogP contribution in [0.25, 0.3) is 0 Å². The Morgan fingerprint density at radius 1 is 1.14 bits per heavy atom. The number of rotatable bonds is 11. The molecule has 0 bridgehead atoms. The zero-order valence-electron chi connectivity index (χ0n) is 19.9. The highest BCUT2D eigenvalue weighted by molar-refractivity contribution is 5.89. The highest BCUT2D eigenvalue weighted by Gasteiger charge is 2.36. The summed E-state index contributed by atoms with van der Waals surface area (Å²) in [6, 6.07) is 9.45. The summed E-state index contributed by atoms with van der Waals surface area (Å²) in [5, 5.41) is 12.5. The second kappa shape index (κ2) is 13.2. The van der Waals surface area contributed by atoms with E-state index < -0.39 is 6.04 Å². The molecule has 0 radical (unpaired) electrons. The summed E-state index contributed by atoms with van der Waals surface area (Å²) < 4.78 is 5.54. The summed E-state index contributed by atoms with van der Waals surface area (Å²) in [7, 11) is 0. The van der Waals surface area contributed by atoms with Crippen molar-refractivity contribution in [2.75, 3.05) is 19.8 Å². The van der Waals surface area contributed by atoms with E-state index in [2.05, 4.69) is 23.5 Å². The van der Waals surface area contributed by atoms with E-state index in [1.54, 1.807) is 71.9 Å². The third-order valence-electron chi connectivity index (χ3n) is 6.05. The largest absolute Gasteiger partial charge is 0.508 e. The number of nitrogens with zero attached hydrogens (tertiary/aromatic N) is 2. The maximum absolute atomic E-state index is 13.7. The van der Waals surface area contributed by atoms with Crippen molar-refractivity contribution in [2.24, 2.45) is 0 Å². The molecule has 35 heavy (non-hydrogen) atoms. The van der Waals surface area contributed by atoms with Gasteiger partial charge in [-0.25, -0.2) is 0 Å². The van der Waals surface area contributed by atoms with Crippen molar-refractivity contribution in [1.82, 2.24) is 15.2 Å². The Balaban J connectivity index is 1.89. The minimum Gasteiger partial charge on any atom is -0.508 e. The molecule has 1 aliphatic rings. The van der Waals surface area contributed by atoms with Crippen LogP contribution in [0.15, 0.2) is 85.8 Å². The quantitative estimate of drug-likeness (QED) is 0.481. The zero-order chi connectivity index (χ0) is 25.0. The van der Waals surface area contributed by atoms with Crippen molar-refractivity contribution in [1.29, 1.82) is 0 Å². The number of allylic oxidation sites excluding steroid dienone is 2. The molecule has 0 saturated carbocycles. The van der Waals surface area contributed by atoms with E-state index in [1.807, 2.05) is 0 Å². The van der Waals surface area contributed by atoms with Gasteiger partial charge in [0.25, 0.3) is 0 Å². The van der Waals surface area contributed by atoms with Crippen LogP contribution < -0.4 is 5.32 Å². The molecule has 2 aromatic rings. The molecule has 1 aromatic carbocycles. The Kier molecular flexibility index (Phi) is 9.80. The summed E-state index contributed by atoms with van der Waals surface area (Å²) in [6.45, 7) is 8.84. The Morgan fingerprint density at radius 2 is 1.83 bits per heavy atom. The van der Waals surface area contributed by atoms with E-state index in [-0.39, 0.29) is 36.6 Å². The van der Waals surface area contributed by atoms with E-state index in [9.17, 15) is 14.7 Å². The fourth-order valence-electron chi connectivity index (χ4n) is 4.19. The van der Waals surface area contributed by atoms with Gasteiger partial charge < -0.3 is 20.1 Å². The van der Waals surface area contributed by atoms with Gasteiger partial charge in [0.1, 0.15) is 11.8 Å². The van der Waals surface area contributed by atoms with Gasteiger partial charge in [-0.1, -0.05) is 43.5 Å². The Labute approximate surface area is 206 Å². The SMILES string of the molecule is C=C/C=C(\C=C)CNC(=O)C(c1ccncc1)N(C(=O)CCc1ccc(O)cc1)C1CCOCC1. The molecule has 7 heteroatoms. The number of hydrogen-bond acceptors (Lipinski definition) is 5. The first-order chi connectivity index (χ1) is 17.0. The smallest absolute Gasteiger partial charge is 0.247 e. The van der Waals surface area contributed by atoms with Crippen molar-refractivity contribution in [2.45, 2.75) is 37.8 Å². The Bertz CT molecular complexity index is 1030. The van der Waals surface area contributed by atoms with Gasteiger partial charge >= 0.3 is 0 Å². The molecule has 1 fully saturated rings. The van der Waals surface area contributed by atoms with E-state index >= 15 is 0 Å². The molecule has 0 spiro atoms. The molecule has 1 aromatic heterocycles. The maximum atomic E-state index is 13.7. The predicted molar refractivity (Wildman–Crippen MR) is 136 cm³/mol. The topological polar surface area (TPSA) is 91.8 Å². The molecule has 1 atom stereocenters. The summed E-state index contributed by atoms with van der Waals surface area (Å²) >= 11 is 0. The van der Waals surface area contributed by atoms with Gasteiger partial charge in [-0.05, 0) is 60.2 Å². The molecule has 2 N–H and O–H groups in total. The van der Waals surface area contributed by atoms with E-state index in [0.29, 0.717) is 38.0 Å². The second-order valence-electron chi connectivity index (χ2n) is 8.39. The minimum atomic E-state index is -0.803. The highest BCUT2D eigenvalue weighted by atomic mass is 16.5. The molecule has 3 rings (SSSR count). The summed E-state index contributed by atoms with van der Waals surface area (Å²) in [6.07, 6.45) is 10.4. The van der Waals surface area contributed by atoms with Gasteiger partial charge in [-0.15, -0.1) is 0 Å². The number of carbonyl (C=O) groups is 2. The Hall–Kier alpha value is -3.71. The van der Waals surface area contributed by atoms with Crippen LogP contribution in [0.2, 0.25) is 0 Å². The first-order valence-electron chi connectivity index (χ1n) is 11.8. The molecule has 1 unspecified atom stereocenters. The van der Waals surface area contributed by atoms with Crippen LogP contribution in [0.4, 0.5) is 0 Å². The fourth-order valence-corrected chi connectivity index (χ4v) is 4.19. The monoisotopic (exact) mass is 475 g/mol. The number of carbonyl (C=O) groups excluding carboxylic acids is 2. The minimum absolute atomic E-state index is 0.104. The summed E-state index contributed by atoms with van der Waals surface area (Å²) in [5.74, 6) is -0.187. The average molecular weight is 476 g/mol. The number of aromatic nitrogens is 1. The van der Waals surface area contributed by atoms with Crippen molar-refractivity contribution >= 4 is 11.8 Å². The van der Waals surface area contributed by atoms with Gasteiger partial charge in [-0.3, -0.25) is 14.6 Å². The number of phenolic OH excluding ortho intramolecular Hbond substituents is 1. The number of ether oxygens (including phenoxy) is 1. The molecule has 2 heterocycles. The standard InChI is InChI=1S/C28H33N3O4/c1-3-5-21(4-2)20-30-28(34)27(23-12-16-29-17-13-23)31(24-14-18-35-19-15-24)26(33)11-8-22-6-9-25(32)10-7-22/h3-7,9-10,12-13,16-17,24,27,32H,1-2,8,11,14-15,18-20H2,(H,30,34)/b21-5+. The first-order valence-corrected chi connectivity index (χ1v) is 11.8. The van der Waals surface area contributed by atoms with Gasteiger partial charge in [0, 0.05) is 44.6 Å². The lowest BCUT2D eigenvalue weighted by Gasteiger charge is -2.39. The summed E-state index contributed by atoms with van der Waals surface area (Å²) in [4.78, 5) is 33.1. The van der Waals surface area contributed by atoms with Crippen molar-refractivity contribution in [3.63, 3.8) is 0 Å². The molecular weight excluding hydrogens is 442 g/mol. The van der Waals surface area contributed by atoms with Crippen LogP contribution in [-0.4, -0.2) is 52.6 Å². The lowest BCUT2D eigenvalue weighted by atomic mass is 9.97. The Morgan fingerprint density at radius 3 is 2.46 bits per heavy atom. The molecule has 1 saturated heterocycles. The molecular formula is C28H33N3O4. The molecule has 7 nitrogen and oxygen atoms in total. The number of aromatic hydroxyl groups is 1. The molecule has 0 aliphatic carbocycles. The number of phenols is 1. The number of amides is 2. The van der Waals surface area contributed by atoms with Crippen LogP contribution in [0, 0.1) is 0 Å². The third-order valence-corrected chi connectivity index (χ3v) is 6.05. The number of hydrogen-bond donors (Lipinski definition) is 2. The molecule has 1 aliphatic heterocycles. The van der Waals surface area contributed by atoms with Crippen LogP contribution >= 0.6 is 0 Å². The van der Waals surface area contributed by atoms with Gasteiger partial charge in [-0.2, -0.15) is 0 Å². The van der Waals surface area contributed by atoms with E-state index in [0.717, 1.165) is 11.1 Å². The van der Waals surface area contributed by atoms with Gasteiger partial charge in [0.2, 0.25) is 11.8 Å². The second-order valence-corrected chi connectivity index (χ2v) is 8.39. The first kappa shape index (κ1) is 25.9. The fraction of sp³-hybridized carbons (Fsp3) is 0.321. The summed E-state index contributed by atoms with van der Waals surface area (Å²) in [5.41, 5.74) is 2.46.